The second-order valence-electron chi connectivity index (χ2n) is 2.82. The fraction of sp³-hybridized carbons (Fsp3) is 0. The van der Waals surface area contributed by atoms with Crippen molar-refractivity contribution in [3.8, 4) is 0 Å². The highest BCUT2D eigenvalue weighted by Gasteiger charge is 2.03. The number of hydrogen-bond donors (Lipinski definition) is 1. The number of nitrogens with zero attached hydrogens (tertiary/aromatic N) is 1. The lowest BCUT2D eigenvalue weighted by atomic mass is 10.4. The molecule has 0 spiro atoms. The number of nitrogens with one attached hydrogen (secondary N) is 1. The van der Waals surface area contributed by atoms with Crippen LogP contribution in [0, 0.1) is 3.77 Å². The summed E-state index contributed by atoms with van der Waals surface area (Å²) in [6.07, 6.45) is 1.47. The van der Waals surface area contributed by atoms with Gasteiger partial charge in [0.25, 0.3) is 5.91 Å². The van der Waals surface area contributed by atoms with E-state index >= 15 is 0 Å². The Morgan fingerprint density at radius 3 is 3.00 bits per heavy atom. The van der Waals surface area contributed by atoms with Gasteiger partial charge >= 0.3 is 0 Å². The first-order valence-corrected chi connectivity index (χ1v) is 6.34. The van der Waals surface area contributed by atoms with Crippen molar-refractivity contribution in [1.82, 2.24) is 5.43 Å². The van der Waals surface area contributed by atoms with Crippen molar-refractivity contribution in [1.29, 1.82) is 0 Å². The summed E-state index contributed by atoms with van der Waals surface area (Å²) < 4.78 is 6.03. The van der Waals surface area contributed by atoms with Gasteiger partial charge in [0.05, 0.1) is 11.1 Å². The van der Waals surface area contributed by atoms with E-state index in [2.05, 4.69) is 33.1 Å². The fourth-order valence-corrected chi connectivity index (χ4v) is 2.06. The summed E-state index contributed by atoms with van der Waals surface area (Å²) in [5.74, 6) is 0.392. The molecular formula is C10H7IN2O2S. The van der Waals surface area contributed by atoms with Gasteiger partial charge in [0.15, 0.2) is 3.77 Å². The first-order valence-electron chi connectivity index (χ1n) is 4.38. The third kappa shape index (κ3) is 2.92. The molecule has 16 heavy (non-hydrogen) atoms. The van der Waals surface area contributed by atoms with Crippen LogP contribution in [0.15, 0.2) is 39.2 Å². The van der Waals surface area contributed by atoms with Gasteiger partial charge in [-0.15, -0.1) is 11.3 Å². The monoisotopic (exact) mass is 346 g/mol. The molecule has 4 nitrogen and oxygen atoms in total. The van der Waals surface area contributed by atoms with Crippen LogP contribution in [0.1, 0.15) is 15.4 Å². The van der Waals surface area contributed by atoms with Crippen LogP contribution in [0.3, 0.4) is 0 Å². The maximum absolute atomic E-state index is 11.5. The Kier molecular flexibility index (Phi) is 3.73. The van der Waals surface area contributed by atoms with Crippen LogP contribution in [-0.4, -0.2) is 12.1 Å². The van der Waals surface area contributed by atoms with E-state index in [-0.39, 0.29) is 5.91 Å². The molecule has 2 rings (SSSR count). The van der Waals surface area contributed by atoms with Crippen molar-refractivity contribution in [2.45, 2.75) is 0 Å². The summed E-state index contributed by atoms with van der Waals surface area (Å²) >= 11 is 3.43. The van der Waals surface area contributed by atoms with E-state index in [1.807, 2.05) is 17.5 Å². The van der Waals surface area contributed by atoms with Crippen LogP contribution in [-0.2, 0) is 0 Å². The largest absolute Gasteiger partial charge is 0.449 e. The highest BCUT2D eigenvalue weighted by Crippen LogP contribution is 2.08. The lowest BCUT2D eigenvalue weighted by Gasteiger charge is -1.93. The molecule has 82 valence electrons. The van der Waals surface area contributed by atoms with Crippen LogP contribution >= 0.6 is 33.9 Å². The number of rotatable bonds is 3. The van der Waals surface area contributed by atoms with E-state index < -0.39 is 0 Å². The zero-order chi connectivity index (χ0) is 11.4. The summed E-state index contributed by atoms with van der Waals surface area (Å²) in [5, 5.41) is 5.64. The maximum Gasteiger partial charge on any atom is 0.281 e. The van der Waals surface area contributed by atoms with E-state index in [1.54, 1.807) is 12.1 Å². The molecule has 0 aromatic carbocycles. The van der Waals surface area contributed by atoms with E-state index in [0.29, 0.717) is 10.6 Å². The Morgan fingerprint density at radius 2 is 2.38 bits per heavy atom. The summed E-state index contributed by atoms with van der Waals surface area (Å²) in [6, 6.07) is 7.16. The van der Waals surface area contributed by atoms with Gasteiger partial charge in [-0.1, -0.05) is 6.07 Å². The Balaban J connectivity index is 1.93. The van der Waals surface area contributed by atoms with Crippen molar-refractivity contribution in [3.05, 3.63) is 44.0 Å². The van der Waals surface area contributed by atoms with E-state index in [9.17, 15) is 4.79 Å². The third-order valence-electron chi connectivity index (χ3n) is 1.70. The topological polar surface area (TPSA) is 54.6 Å². The van der Waals surface area contributed by atoms with Gasteiger partial charge in [0, 0.05) is 0 Å². The van der Waals surface area contributed by atoms with Gasteiger partial charge in [-0.3, -0.25) is 4.79 Å². The van der Waals surface area contributed by atoms with Crippen LogP contribution in [0.4, 0.5) is 0 Å². The van der Waals surface area contributed by atoms with Gasteiger partial charge in [-0.05, 0) is 46.2 Å². The summed E-state index contributed by atoms with van der Waals surface area (Å²) in [6.45, 7) is 0. The van der Waals surface area contributed by atoms with Crippen molar-refractivity contribution < 1.29 is 9.21 Å². The van der Waals surface area contributed by atoms with Crippen LogP contribution in [0.5, 0.6) is 0 Å². The number of hydrazone groups is 1. The number of carbonyl (C=O) groups is 1. The van der Waals surface area contributed by atoms with Crippen molar-refractivity contribution in [2.75, 3.05) is 0 Å². The number of carbonyl (C=O) groups excluding carboxylic acids is 1. The molecule has 6 heteroatoms. The molecular weight excluding hydrogens is 339 g/mol. The first-order chi connectivity index (χ1) is 7.75. The fourth-order valence-electron chi connectivity index (χ4n) is 1.02. The molecule has 1 N–H and O–H groups in total. The molecule has 0 bridgehead atoms. The summed E-state index contributed by atoms with van der Waals surface area (Å²) in [4.78, 5) is 12.1. The Hall–Kier alpha value is -1.15. The molecule has 0 aliphatic heterocycles. The first kappa shape index (κ1) is 11.3. The number of amides is 1. The number of hydrogen-bond acceptors (Lipinski definition) is 4. The van der Waals surface area contributed by atoms with Crippen LogP contribution < -0.4 is 5.43 Å². The average molecular weight is 346 g/mol. The molecule has 2 heterocycles. The second-order valence-corrected chi connectivity index (χ2v) is 4.83. The Bertz CT molecular complexity index is 505. The highest BCUT2D eigenvalue weighted by atomic mass is 127. The zero-order valence-corrected chi connectivity index (χ0v) is 11.0. The quantitative estimate of drug-likeness (QED) is 0.528. The molecule has 0 saturated heterocycles. The molecule has 0 atom stereocenters. The van der Waals surface area contributed by atoms with Crippen molar-refractivity contribution in [3.63, 3.8) is 0 Å². The maximum atomic E-state index is 11.5. The molecule has 2 aromatic heterocycles. The normalized spacial score (nSPS) is 10.8. The Labute approximate surface area is 109 Å². The van der Waals surface area contributed by atoms with Gasteiger partial charge in [0.2, 0.25) is 0 Å². The predicted molar refractivity (Wildman–Crippen MR) is 70.8 cm³/mol. The Morgan fingerprint density at radius 1 is 1.50 bits per heavy atom. The van der Waals surface area contributed by atoms with Gasteiger partial charge in [-0.25, -0.2) is 5.43 Å². The molecule has 1 amide bonds. The van der Waals surface area contributed by atoms with Crippen LogP contribution in [0.25, 0.3) is 0 Å². The lowest BCUT2D eigenvalue weighted by molar-refractivity contribution is 0.0959. The molecule has 0 fully saturated rings. The average Bonchev–Trinajstić information content (AvgIpc) is 2.89. The van der Waals surface area contributed by atoms with E-state index in [0.717, 1.165) is 3.77 Å². The van der Waals surface area contributed by atoms with E-state index in [1.165, 1.54) is 17.6 Å². The molecule has 2 aromatic rings. The zero-order valence-electron chi connectivity index (χ0n) is 8.01. The SMILES string of the molecule is O=C(N/N=C/c1ccc(I)o1)c1cccs1. The van der Waals surface area contributed by atoms with Gasteiger partial charge in [0.1, 0.15) is 5.76 Å². The third-order valence-corrected chi connectivity index (χ3v) is 3.15. The van der Waals surface area contributed by atoms with Gasteiger partial charge < -0.3 is 4.42 Å². The van der Waals surface area contributed by atoms with E-state index in [4.69, 9.17) is 4.42 Å². The molecule has 0 saturated carbocycles. The molecule has 0 unspecified atom stereocenters. The standard InChI is InChI=1S/C10H7IN2O2S/c11-9-4-3-7(15-9)6-12-13-10(14)8-2-1-5-16-8/h1-6H,(H,13,14)/b12-6+. The van der Waals surface area contributed by atoms with Crippen LogP contribution in [0.2, 0.25) is 0 Å². The van der Waals surface area contributed by atoms with Gasteiger partial charge in [-0.2, -0.15) is 5.10 Å². The minimum atomic E-state index is -0.215. The smallest absolute Gasteiger partial charge is 0.281 e. The summed E-state index contributed by atoms with van der Waals surface area (Å²) in [5.41, 5.74) is 2.42. The minimum absolute atomic E-state index is 0.215. The predicted octanol–water partition coefficient (Wildman–Crippen LogP) is 2.71. The number of furan rings is 1. The molecule has 0 radical (unpaired) electrons. The number of halogens is 1. The second kappa shape index (κ2) is 5.26. The summed E-state index contributed by atoms with van der Waals surface area (Å²) in [7, 11) is 0. The lowest BCUT2D eigenvalue weighted by Crippen LogP contribution is -2.15. The highest BCUT2D eigenvalue weighted by molar-refractivity contribution is 14.1. The van der Waals surface area contributed by atoms with Crippen molar-refractivity contribution >= 4 is 46.0 Å². The molecule has 0 aliphatic carbocycles. The minimum Gasteiger partial charge on any atom is -0.449 e. The molecule has 0 aliphatic rings. The number of thiophene rings is 1. The van der Waals surface area contributed by atoms with Crippen molar-refractivity contribution in [2.24, 2.45) is 5.10 Å².